The Bertz CT molecular complexity index is 211. The van der Waals surface area contributed by atoms with Crippen LogP contribution in [-0.2, 0) is 4.74 Å². The number of hydrogen-bond acceptors (Lipinski definition) is 2. The molecule has 1 saturated carbocycles. The van der Waals surface area contributed by atoms with Gasteiger partial charge in [0.25, 0.3) is 0 Å². The van der Waals surface area contributed by atoms with E-state index in [2.05, 4.69) is 19.3 Å². The Labute approximate surface area is 100 Å². The second-order valence-electron chi connectivity index (χ2n) is 5.86. The maximum atomic E-state index is 6.07. The highest BCUT2D eigenvalue weighted by molar-refractivity contribution is 4.91. The molecule has 0 radical (unpaired) electrons. The Balaban J connectivity index is 1.78. The van der Waals surface area contributed by atoms with Gasteiger partial charge < -0.3 is 10.1 Å². The fraction of sp³-hybridized carbons (Fsp3) is 1.00. The maximum absolute atomic E-state index is 6.07. The van der Waals surface area contributed by atoms with Gasteiger partial charge in [0.15, 0.2) is 0 Å². The lowest BCUT2D eigenvalue weighted by Crippen LogP contribution is -2.37. The third kappa shape index (κ3) is 2.98. The van der Waals surface area contributed by atoms with Crippen molar-refractivity contribution in [2.75, 3.05) is 13.7 Å². The molecule has 1 heterocycles. The van der Waals surface area contributed by atoms with Gasteiger partial charge in [-0.15, -0.1) is 0 Å². The number of nitrogens with one attached hydrogen (secondary N) is 1. The van der Waals surface area contributed by atoms with Crippen LogP contribution in [0.1, 0.15) is 58.3 Å². The van der Waals surface area contributed by atoms with E-state index in [-0.39, 0.29) is 0 Å². The minimum atomic E-state index is 0.311. The standard InChI is InChI=1S/C14H27NO/c1-12(15-2)5-6-13-7-10-16-14(11-13)8-3-4-9-14/h12-13,15H,3-11H2,1-2H3. The molecule has 2 fully saturated rings. The maximum Gasteiger partial charge on any atom is 0.0685 e. The summed E-state index contributed by atoms with van der Waals surface area (Å²) in [7, 11) is 2.06. The van der Waals surface area contributed by atoms with E-state index in [0.717, 1.165) is 12.5 Å². The summed E-state index contributed by atoms with van der Waals surface area (Å²) in [6, 6.07) is 0.669. The molecule has 0 amide bonds. The zero-order valence-electron chi connectivity index (χ0n) is 10.9. The number of ether oxygens (including phenoxy) is 1. The van der Waals surface area contributed by atoms with E-state index in [1.807, 2.05) is 0 Å². The molecule has 2 atom stereocenters. The van der Waals surface area contributed by atoms with Crippen molar-refractivity contribution < 1.29 is 4.74 Å². The lowest BCUT2D eigenvalue weighted by molar-refractivity contribution is -0.0940. The van der Waals surface area contributed by atoms with Gasteiger partial charge in [0, 0.05) is 12.6 Å². The van der Waals surface area contributed by atoms with Gasteiger partial charge >= 0.3 is 0 Å². The average molecular weight is 225 g/mol. The highest BCUT2D eigenvalue weighted by atomic mass is 16.5. The molecular weight excluding hydrogens is 198 g/mol. The molecule has 1 N–H and O–H groups in total. The van der Waals surface area contributed by atoms with E-state index in [4.69, 9.17) is 4.74 Å². The summed E-state index contributed by atoms with van der Waals surface area (Å²) >= 11 is 0. The first-order chi connectivity index (χ1) is 7.74. The molecule has 0 bridgehead atoms. The van der Waals surface area contributed by atoms with Gasteiger partial charge in [-0.2, -0.15) is 0 Å². The summed E-state index contributed by atoms with van der Waals surface area (Å²) in [5.41, 5.74) is 0.311. The van der Waals surface area contributed by atoms with E-state index in [1.165, 1.54) is 51.4 Å². The van der Waals surface area contributed by atoms with E-state index in [0.29, 0.717) is 11.6 Å². The normalized spacial score (nSPS) is 30.8. The molecule has 1 aliphatic heterocycles. The summed E-state index contributed by atoms with van der Waals surface area (Å²) in [5, 5.41) is 3.33. The van der Waals surface area contributed by atoms with Gasteiger partial charge in [-0.05, 0) is 58.4 Å². The zero-order valence-corrected chi connectivity index (χ0v) is 10.9. The minimum Gasteiger partial charge on any atom is -0.375 e. The molecule has 0 aromatic heterocycles. The molecule has 1 saturated heterocycles. The van der Waals surface area contributed by atoms with E-state index >= 15 is 0 Å². The Hall–Kier alpha value is -0.0800. The van der Waals surface area contributed by atoms with Crippen LogP contribution in [0.4, 0.5) is 0 Å². The van der Waals surface area contributed by atoms with Crippen molar-refractivity contribution in [3.05, 3.63) is 0 Å². The molecule has 2 nitrogen and oxygen atoms in total. The molecular formula is C14H27NO. The van der Waals surface area contributed by atoms with Gasteiger partial charge in [-0.3, -0.25) is 0 Å². The first-order valence-electron chi connectivity index (χ1n) is 7.05. The number of hydrogen-bond donors (Lipinski definition) is 1. The molecule has 1 aliphatic carbocycles. The molecule has 2 rings (SSSR count). The molecule has 0 aromatic carbocycles. The van der Waals surface area contributed by atoms with Gasteiger partial charge in [0.1, 0.15) is 0 Å². The quantitative estimate of drug-likeness (QED) is 0.794. The summed E-state index contributed by atoms with van der Waals surface area (Å²) in [4.78, 5) is 0. The summed E-state index contributed by atoms with van der Waals surface area (Å²) in [5.74, 6) is 0.919. The molecule has 0 aromatic rings. The third-order valence-electron chi connectivity index (χ3n) is 4.61. The Morgan fingerprint density at radius 1 is 1.38 bits per heavy atom. The Morgan fingerprint density at radius 3 is 2.81 bits per heavy atom. The van der Waals surface area contributed by atoms with Gasteiger partial charge in [0.2, 0.25) is 0 Å². The Kier molecular flexibility index (Phi) is 4.26. The van der Waals surface area contributed by atoms with E-state index in [1.54, 1.807) is 0 Å². The SMILES string of the molecule is CNC(C)CCC1CCOC2(CCCC2)C1. The van der Waals surface area contributed by atoms with Crippen LogP contribution in [0.2, 0.25) is 0 Å². The molecule has 1 spiro atoms. The van der Waals surface area contributed by atoms with Crippen LogP contribution >= 0.6 is 0 Å². The summed E-state index contributed by atoms with van der Waals surface area (Å²) in [6.45, 7) is 3.29. The topological polar surface area (TPSA) is 21.3 Å². The van der Waals surface area contributed by atoms with Crippen LogP contribution in [0, 0.1) is 5.92 Å². The van der Waals surface area contributed by atoms with Crippen molar-refractivity contribution in [1.29, 1.82) is 0 Å². The van der Waals surface area contributed by atoms with Crippen molar-refractivity contribution in [2.45, 2.75) is 69.9 Å². The first kappa shape index (κ1) is 12.4. The van der Waals surface area contributed by atoms with Gasteiger partial charge in [0.05, 0.1) is 5.60 Å². The second kappa shape index (κ2) is 5.50. The zero-order chi connectivity index (χ0) is 11.4. The lowest BCUT2D eigenvalue weighted by Gasteiger charge is -2.38. The molecule has 16 heavy (non-hydrogen) atoms. The fourth-order valence-corrected chi connectivity index (χ4v) is 3.37. The van der Waals surface area contributed by atoms with Crippen molar-refractivity contribution >= 4 is 0 Å². The van der Waals surface area contributed by atoms with Crippen LogP contribution in [0.15, 0.2) is 0 Å². The Morgan fingerprint density at radius 2 is 2.12 bits per heavy atom. The second-order valence-corrected chi connectivity index (χ2v) is 5.86. The van der Waals surface area contributed by atoms with Crippen LogP contribution in [-0.4, -0.2) is 25.3 Å². The lowest BCUT2D eigenvalue weighted by atomic mass is 9.82. The fourth-order valence-electron chi connectivity index (χ4n) is 3.37. The van der Waals surface area contributed by atoms with Gasteiger partial charge in [-0.25, -0.2) is 0 Å². The van der Waals surface area contributed by atoms with E-state index in [9.17, 15) is 0 Å². The number of rotatable bonds is 4. The highest BCUT2D eigenvalue weighted by Gasteiger charge is 2.39. The smallest absolute Gasteiger partial charge is 0.0685 e. The molecule has 2 unspecified atom stereocenters. The molecule has 2 aliphatic rings. The molecule has 94 valence electrons. The molecule has 2 heteroatoms. The third-order valence-corrected chi connectivity index (χ3v) is 4.61. The largest absolute Gasteiger partial charge is 0.375 e. The van der Waals surface area contributed by atoms with Crippen molar-refractivity contribution in [3.8, 4) is 0 Å². The van der Waals surface area contributed by atoms with Crippen molar-refractivity contribution in [2.24, 2.45) is 5.92 Å². The highest BCUT2D eigenvalue weighted by Crippen LogP contribution is 2.43. The van der Waals surface area contributed by atoms with E-state index < -0.39 is 0 Å². The van der Waals surface area contributed by atoms with Crippen LogP contribution in [0.5, 0.6) is 0 Å². The van der Waals surface area contributed by atoms with Crippen molar-refractivity contribution in [1.82, 2.24) is 5.32 Å². The van der Waals surface area contributed by atoms with Crippen LogP contribution in [0.3, 0.4) is 0 Å². The first-order valence-corrected chi connectivity index (χ1v) is 7.05. The van der Waals surface area contributed by atoms with Gasteiger partial charge in [-0.1, -0.05) is 12.8 Å². The summed E-state index contributed by atoms with van der Waals surface area (Å²) < 4.78 is 6.07. The average Bonchev–Trinajstić information content (AvgIpc) is 2.74. The minimum absolute atomic E-state index is 0.311. The summed E-state index contributed by atoms with van der Waals surface area (Å²) in [6.07, 6.45) is 10.8. The van der Waals surface area contributed by atoms with Crippen LogP contribution in [0.25, 0.3) is 0 Å². The predicted octanol–water partition coefficient (Wildman–Crippen LogP) is 3.11. The van der Waals surface area contributed by atoms with Crippen molar-refractivity contribution in [3.63, 3.8) is 0 Å². The monoisotopic (exact) mass is 225 g/mol. The van der Waals surface area contributed by atoms with Crippen LogP contribution < -0.4 is 5.32 Å². The predicted molar refractivity (Wildman–Crippen MR) is 67.6 cm³/mol.